The van der Waals surface area contributed by atoms with Crippen LogP contribution in [0.2, 0.25) is 10.0 Å². The third-order valence-corrected chi connectivity index (χ3v) is 5.83. The lowest BCUT2D eigenvalue weighted by molar-refractivity contribution is -0.117. The molecule has 0 aliphatic heterocycles. The number of carbonyl (C=O) groups is 1. The summed E-state index contributed by atoms with van der Waals surface area (Å²) in [6.07, 6.45) is 0.869. The molecular formula is C19H16BrCl2F2N5O. The maximum atomic E-state index is 13.0. The predicted octanol–water partition coefficient (Wildman–Crippen LogP) is 5.65. The molecule has 6 nitrogen and oxygen atoms in total. The number of aromatic nitrogens is 4. The highest BCUT2D eigenvalue weighted by atomic mass is 79.9. The fourth-order valence-corrected chi connectivity index (χ4v) is 3.97. The summed E-state index contributed by atoms with van der Waals surface area (Å²) in [4.78, 5) is 12.5. The van der Waals surface area contributed by atoms with Crippen LogP contribution in [0, 0.1) is 0 Å². The van der Waals surface area contributed by atoms with Crippen molar-refractivity contribution >= 4 is 50.9 Å². The maximum Gasteiger partial charge on any atom is 0.282 e. The number of anilines is 1. The van der Waals surface area contributed by atoms with Crippen LogP contribution in [0.4, 0.5) is 14.6 Å². The zero-order valence-corrected chi connectivity index (χ0v) is 18.6. The van der Waals surface area contributed by atoms with Gasteiger partial charge in [0.15, 0.2) is 5.82 Å². The van der Waals surface area contributed by atoms with E-state index in [1.807, 2.05) is 0 Å². The molecule has 0 atom stereocenters. The van der Waals surface area contributed by atoms with Crippen LogP contribution in [-0.4, -0.2) is 25.5 Å². The normalized spacial score (nSPS) is 13.8. The van der Waals surface area contributed by atoms with Gasteiger partial charge >= 0.3 is 0 Å². The lowest BCUT2D eigenvalue weighted by Gasteiger charge is -2.07. The third-order valence-electron chi connectivity index (χ3n) is 4.66. The van der Waals surface area contributed by atoms with E-state index < -0.39 is 12.3 Å². The van der Waals surface area contributed by atoms with Gasteiger partial charge < -0.3 is 5.32 Å². The highest BCUT2D eigenvalue weighted by Gasteiger charge is 2.30. The topological polar surface area (TPSA) is 64.7 Å². The van der Waals surface area contributed by atoms with Gasteiger partial charge in [-0.25, -0.2) is 8.78 Å². The Hall–Kier alpha value is -1.97. The number of benzene rings is 1. The highest BCUT2D eigenvalue weighted by Crippen LogP contribution is 2.41. The van der Waals surface area contributed by atoms with Crippen molar-refractivity contribution in [2.45, 2.75) is 38.3 Å². The number of hydrogen-bond donors (Lipinski definition) is 1. The Bertz CT molecular complexity index is 1100. The van der Waals surface area contributed by atoms with Gasteiger partial charge in [0.05, 0.1) is 11.0 Å². The number of rotatable bonds is 7. The van der Waals surface area contributed by atoms with Gasteiger partial charge in [0, 0.05) is 27.9 Å². The Morgan fingerprint density at radius 3 is 2.70 bits per heavy atom. The van der Waals surface area contributed by atoms with Gasteiger partial charge in [-0.05, 0) is 52.5 Å². The summed E-state index contributed by atoms with van der Waals surface area (Å²) in [5.41, 5.74) is 1.18. The summed E-state index contributed by atoms with van der Waals surface area (Å²) >= 11 is 15.5. The zero-order valence-electron chi connectivity index (χ0n) is 15.5. The minimum absolute atomic E-state index is 0.166. The average molecular weight is 519 g/mol. The molecule has 0 spiro atoms. The van der Waals surface area contributed by atoms with Crippen molar-refractivity contribution < 1.29 is 13.6 Å². The van der Waals surface area contributed by atoms with Gasteiger partial charge in [-0.2, -0.15) is 10.2 Å². The van der Waals surface area contributed by atoms with Gasteiger partial charge in [-0.15, -0.1) is 0 Å². The summed E-state index contributed by atoms with van der Waals surface area (Å²) < 4.78 is 29.6. The van der Waals surface area contributed by atoms with Crippen LogP contribution in [0.25, 0.3) is 0 Å². The van der Waals surface area contributed by atoms with Gasteiger partial charge in [0.25, 0.3) is 6.43 Å². The van der Waals surface area contributed by atoms with E-state index >= 15 is 0 Å². The smallest absolute Gasteiger partial charge is 0.282 e. The number of hydrogen-bond acceptors (Lipinski definition) is 3. The predicted molar refractivity (Wildman–Crippen MR) is 113 cm³/mol. The fraction of sp³-hybridized carbons (Fsp3) is 0.316. The first kappa shape index (κ1) is 21.3. The molecule has 158 valence electrons. The standard InChI is InChI=1S/C19H16BrCl2F2N5O/c20-13-8-28(7-11-3-4-12(21)5-14(11)22)27-19(13)25-17(30)9-29-16(10-1-2-10)6-15(26-29)18(23)24/h3-6,8,10,18H,1-2,7,9H2,(H,25,27,30). The summed E-state index contributed by atoms with van der Waals surface area (Å²) in [5, 5.41) is 12.0. The van der Waals surface area contributed by atoms with Crippen molar-refractivity contribution in [2.75, 3.05) is 5.32 Å². The number of halogens is 5. The van der Waals surface area contributed by atoms with E-state index in [2.05, 4.69) is 31.4 Å². The number of nitrogens with one attached hydrogen (secondary N) is 1. The Balaban J connectivity index is 1.45. The minimum atomic E-state index is -2.67. The molecule has 1 fully saturated rings. The molecule has 1 aliphatic rings. The Kier molecular flexibility index (Phi) is 6.13. The second-order valence-electron chi connectivity index (χ2n) is 7.03. The van der Waals surface area contributed by atoms with Crippen LogP contribution in [0.1, 0.15) is 42.1 Å². The molecule has 1 saturated carbocycles. The fourth-order valence-electron chi connectivity index (χ4n) is 3.09. The quantitative estimate of drug-likeness (QED) is 0.439. The van der Waals surface area contributed by atoms with Crippen LogP contribution < -0.4 is 5.32 Å². The molecule has 1 aromatic carbocycles. The van der Waals surface area contributed by atoms with Crippen molar-refractivity contribution in [1.29, 1.82) is 0 Å². The van der Waals surface area contributed by atoms with Crippen LogP contribution in [0.15, 0.2) is 34.9 Å². The molecule has 0 radical (unpaired) electrons. The molecule has 1 aliphatic carbocycles. The average Bonchev–Trinajstić information content (AvgIpc) is 3.34. The molecule has 1 N–H and O–H groups in total. The molecule has 0 bridgehead atoms. The van der Waals surface area contributed by atoms with E-state index in [-0.39, 0.29) is 18.2 Å². The first-order valence-corrected chi connectivity index (χ1v) is 10.7. The lowest BCUT2D eigenvalue weighted by atomic mass is 10.2. The largest absolute Gasteiger partial charge is 0.307 e. The first-order chi connectivity index (χ1) is 14.3. The van der Waals surface area contributed by atoms with Crippen molar-refractivity contribution in [2.24, 2.45) is 0 Å². The van der Waals surface area contributed by atoms with Gasteiger partial charge in [-0.3, -0.25) is 14.2 Å². The van der Waals surface area contributed by atoms with E-state index in [4.69, 9.17) is 23.2 Å². The zero-order chi connectivity index (χ0) is 21.4. The monoisotopic (exact) mass is 517 g/mol. The second-order valence-corrected chi connectivity index (χ2v) is 8.73. The first-order valence-electron chi connectivity index (χ1n) is 9.12. The van der Waals surface area contributed by atoms with Crippen LogP contribution in [0.3, 0.4) is 0 Å². The van der Waals surface area contributed by atoms with Crippen LogP contribution in [0.5, 0.6) is 0 Å². The molecular weight excluding hydrogens is 503 g/mol. The molecule has 1 amide bonds. The van der Waals surface area contributed by atoms with Gasteiger partial charge in [0.2, 0.25) is 5.91 Å². The highest BCUT2D eigenvalue weighted by molar-refractivity contribution is 9.10. The minimum Gasteiger partial charge on any atom is -0.307 e. The van der Waals surface area contributed by atoms with E-state index in [1.165, 1.54) is 10.7 Å². The van der Waals surface area contributed by atoms with Gasteiger partial charge in [0.1, 0.15) is 12.2 Å². The van der Waals surface area contributed by atoms with E-state index in [0.717, 1.165) is 18.4 Å². The Morgan fingerprint density at radius 1 is 1.27 bits per heavy atom. The lowest BCUT2D eigenvalue weighted by Crippen LogP contribution is -2.21. The summed E-state index contributed by atoms with van der Waals surface area (Å²) in [7, 11) is 0. The summed E-state index contributed by atoms with van der Waals surface area (Å²) in [6, 6.07) is 6.57. The molecule has 0 saturated heterocycles. The molecule has 2 heterocycles. The molecule has 3 aromatic rings. The number of alkyl halides is 2. The molecule has 2 aromatic heterocycles. The molecule has 4 rings (SSSR count). The van der Waals surface area contributed by atoms with Crippen molar-refractivity contribution in [3.8, 4) is 0 Å². The summed E-state index contributed by atoms with van der Waals surface area (Å²) in [5.74, 6) is 0.100. The van der Waals surface area contributed by atoms with Crippen molar-refractivity contribution in [3.63, 3.8) is 0 Å². The van der Waals surface area contributed by atoms with E-state index in [0.29, 0.717) is 32.6 Å². The van der Waals surface area contributed by atoms with Crippen LogP contribution >= 0.6 is 39.1 Å². The Morgan fingerprint density at radius 2 is 2.03 bits per heavy atom. The van der Waals surface area contributed by atoms with Gasteiger partial charge in [-0.1, -0.05) is 29.3 Å². The second kappa shape index (κ2) is 8.64. The third kappa shape index (κ3) is 4.84. The number of amides is 1. The molecule has 30 heavy (non-hydrogen) atoms. The summed E-state index contributed by atoms with van der Waals surface area (Å²) in [6.45, 7) is 0.216. The van der Waals surface area contributed by atoms with E-state index in [1.54, 1.807) is 29.1 Å². The molecule has 11 heteroatoms. The maximum absolute atomic E-state index is 13.0. The SMILES string of the molecule is O=C(Cn1nc(C(F)F)cc1C1CC1)Nc1nn(Cc2ccc(Cl)cc2Cl)cc1Br. The molecule has 0 unspecified atom stereocenters. The Labute approximate surface area is 189 Å². The number of carbonyl (C=O) groups excluding carboxylic acids is 1. The van der Waals surface area contributed by atoms with Crippen LogP contribution in [-0.2, 0) is 17.9 Å². The van der Waals surface area contributed by atoms with Crippen molar-refractivity contribution in [1.82, 2.24) is 19.6 Å². The van der Waals surface area contributed by atoms with Crippen molar-refractivity contribution in [3.05, 3.63) is 61.9 Å². The number of nitrogens with zero attached hydrogens (tertiary/aromatic N) is 4. The van der Waals surface area contributed by atoms with E-state index in [9.17, 15) is 13.6 Å².